The summed E-state index contributed by atoms with van der Waals surface area (Å²) in [6.45, 7) is -1.73. The van der Waals surface area contributed by atoms with Gasteiger partial charge in [-0.2, -0.15) is 18.4 Å². The van der Waals surface area contributed by atoms with Gasteiger partial charge in [-0.3, -0.25) is 5.32 Å². The average Bonchev–Trinajstić information content (AvgIpc) is 2.28. The maximum atomic E-state index is 12.9. The molecule has 18 heavy (non-hydrogen) atoms. The number of alkyl halides is 3. The molecule has 0 fully saturated rings. The predicted molar refractivity (Wildman–Crippen MR) is 52.1 cm³/mol. The van der Waals surface area contributed by atoms with Crippen LogP contribution in [-0.4, -0.2) is 18.9 Å². The average molecular weight is 262 g/mol. The number of benzene rings is 1. The van der Waals surface area contributed by atoms with Crippen LogP contribution in [0.4, 0.5) is 28.0 Å². The van der Waals surface area contributed by atoms with E-state index in [1.54, 1.807) is 0 Å². The molecule has 0 bridgehead atoms. The topological polar surface area (TPSA) is 62.1 Å². The Morgan fingerprint density at radius 3 is 2.67 bits per heavy atom. The van der Waals surface area contributed by atoms with Crippen molar-refractivity contribution in [2.24, 2.45) is 0 Å². The number of hydrogen-bond donors (Lipinski definition) is 1. The fourth-order valence-electron chi connectivity index (χ4n) is 0.990. The van der Waals surface area contributed by atoms with Gasteiger partial charge in [0.1, 0.15) is 11.9 Å². The number of hydrogen-bond acceptors (Lipinski definition) is 3. The lowest BCUT2D eigenvalue weighted by Crippen LogP contribution is -2.23. The van der Waals surface area contributed by atoms with Crippen LogP contribution in [-0.2, 0) is 4.74 Å². The van der Waals surface area contributed by atoms with Gasteiger partial charge in [0.05, 0.1) is 5.56 Å². The first kappa shape index (κ1) is 13.8. The number of carbonyl (C=O) groups is 1. The number of ether oxygens (including phenoxy) is 1. The Morgan fingerprint density at radius 2 is 2.11 bits per heavy atom. The molecule has 0 atom stereocenters. The first-order valence-corrected chi connectivity index (χ1v) is 4.52. The minimum Gasteiger partial charge on any atom is -0.440 e. The number of nitrogens with one attached hydrogen (secondary N) is 1. The molecule has 0 unspecified atom stereocenters. The number of carbonyl (C=O) groups excluding carboxylic acids is 1. The summed E-state index contributed by atoms with van der Waals surface area (Å²) in [6.07, 6.45) is -5.97. The number of nitrogens with zero attached hydrogens (tertiary/aromatic N) is 1. The monoisotopic (exact) mass is 262 g/mol. The molecular formula is C10H6F4N2O2. The van der Waals surface area contributed by atoms with Gasteiger partial charge in [-0.25, -0.2) is 9.18 Å². The van der Waals surface area contributed by atoms with Gasteiger partial charge in [-0.1, -0.05) is 0 Å². The highest BCUT2D eigenvalue weighted by atomic mass is 19.4. The first-order chi connectivity index (χ1) is 8.31. The Labute approximate surface area is 98.8 Å². The third-order valence-electron chi connectivity index (χ3n) is 1.70. The van der Waals surface area contributed by atoms with E-state index in [1.165, 1.54) is 6.07 Å². The lowest BCUT2D eigenvalue weighted by molar-refractivity contribution is -0.159. The lowest BCUT2D eigenvalue weighted by atomic mass is 10.2. The molecule has 0 aliphatic rings. The summed E-state index contributed by atoms with van der Waals surface area (Å²) in [4.78, 5) is 10.9. The van der Waals surface area contributed by atoms with Crippen molar-refractivity contribution in [2.75, 3.05) is 11.9 Å². The highest BCUT2D eigenvalue weighted by Crippen LogP contribution is 2.16. The largest absolute Gasteiger partial charge is 0.440 e. The molecule has 0 aromatic heterocycles. The molecule has 1 aromatic rings. The molecule has 0 saturated carbocycles. The molecule has 96 valence electrons. The summed E-state index contributed by atoms with van der Waals surface area (Å²) in [6, 6.07) is 4.48. The van der Waals surface area contributed by atoms with Crippen LogP contribution in [0.1, 0.15) is 5.56 Å². The normalized spacial score (nSPS) is 10.6. The Balaban J connectivity index is 2.63. The fourth-order valence-corrected chi connectivity index (χ4v) is 0.990. The summed E-state index contributed by atoms with van der Waals surface area (Å²) in [5, 5.41) is 10.4. The Morgan fingerprint density at radius 1 is 1.44 bits per heavy atom. The molecule has 1 rings (SSSR count). The van der Waals surface area contributed by atoms with Crippen molar-refractivity contribution in [1.29, 1.82) is 5.26 Å². The van der Waals surface area contributed by atoms with E-state index in [2.05, 4.69) is 4.74 Å². The molecule has 0 saturated heterocycles. The molecule has 0 aliphatic carbocycles. The van der Waals surface area contributed by atoms with E-state index in [9.17, 15) is 22.4 Å². The molecule has 1 aromatic carbocycles. The smallest absolute Gasteiger partial charge is 0.422 e. The van der Waals surface area contributed by atoms with Gasteiger partial charge in [0.2, 0.25) is 0 Å². The molecule has 0 heterocycles. The minimum absolute atomic E-state index is 0.0416. The van der Waals surface area contributed by atoms with Crippen molar-refractivity contribution in [3.05, 3.63) is 29.6 Å². The second-order valence-electron chi connectivity index (χ2n) is 3.12. The van der Waals surface area contributed by atoms with E-state index in [4.69, 9.17) is 5.26 Å². The molecule has 0 aliphatic heterocycles. The third kappa shape index (κ3) is 4.29. The van der Waals surface area contributed by atoms with Crippen molar-refractivity contribution in [3.63, 3.8) is 0 Å². The van der Waals surface area contributed by atoms with Gasteiger partial charge in [-0.05, 0) is 18.2 Å². The van der Waals surface area contributed by atoms with E-state index in [0.29, 0.717) is 0 Å². The maximum absolute atomic E-state index is 12.9. The zero-order valence-corrected chi connectivity index (χ0v) is 8.71. The van der Waals surface area contributed by atoms with Crippen molar-refractivity contribution in [1.82, 2.24) is 0 Å². The van der Waals surface area contributed by atoms with Crippen molar-refractivity contribution < 1.29 is 27.1 Å². The summed E-state index contributed by atoms with van der Waals surface area (Å²) in [7, 11) is 0. The number of halogens is 4. The van der Waals surface area contributed by atoms with Crippen LogP contribution >= 0.6 is 0 Å². The van der Waals surface area contributed by atoms with E-state index < -0.39 is 24.7 Å². The van der Waals surface area contributed by atoms with Crippen LogP contribution in [0.15, 0.2) is 18.2 Å². The van der Waals surface area contributed by atoms with E-state index in [-0.39, 0.29) is 11.3 Å². The van der Waals surface area contributed by atoms with Crippen LogP contribution in [0.5, 0.6) is 0 Å². The molecule has 4 nitrogen and oxygen atoms in total. The van der Waals surface area contributed by atoms with Crippen LogP contribution in [0.3, 0.4) is 0 Å². The second kappa shape index (κ2) is 5.35. The van der Waals surface area contributed by atoms with Crippen LogP contribution in [0, 0.1) is 17.1 Å². The maximum Gasteiger partial charge on any atom is 0.422 e. The van der Waals surface area contributed by atoms with E-state index in [0.717, 1.165) is 18.2 Å². The number of nitriles is 1. The molecule has 0 spiro atoms. The van der Waals surface area contributed by atoms with Crippen LogP contribution in [0.2, 0.25) is 0 Å². The highest BCUT2D eigenvalue weighted by Gasteiger charge is 2.29. The first-order valence-electron chi connectivity index (χ1n) is 4.52. The lowest BCUT2D eigenvalue weighted by Gasteiger charge is -2.09. The molecule has 1 N–H and O–H groups in total. The van der Waals surface area contributed by atoms with Gasteiger partial charge in [-0.15, -0.1) is 0 Å². The highest BCUT2D eigenvalue weighted by molar-refractivity contribution is 5.84. The Hall–Kier alpha value is -2.30. The van der Waals surface area contributed by atoms with Crippen molar-refractivity contribution >= 4 is 11.8 Å². The molecular weight excluding hydrogens is 256 g/mol. The molecule has 0 radical (unpaired) electrons. The minimum atomic E-state index is -4.63. The van der Waals surface area contributed by atoms with Crippen molar-refractivity contribution in [3.8, 4) is 6.07 Å². The van der Waals surface area contributed by atoms with Crippen molar-refractivity contribution in [2.45, 2.75) is 6.18 Å². The van der Waals surface area contributed by atoms with Crippen LogP contribution in [0.25, 0.3) is 0 Å². The summed E-state index contributed by atoms with van der Waals surface area (Å²) < 4.78 is 51.9. The molecule has 1 amide bonds. The van der Waals surface area contributed by atoms with Gasteiger partial charge in [0.25, 0.3) is 0 Å². The molecule has 8 heteroatoms. The quantitative estimate of drug-likeness (QED) is 0.833. The Kier molecular flexibility index (Phi) is 4.09. The van der Waals surface area contributed by atoms with Gasteiger partial charge in [0.15, 0.2) is 6.61 Å². The Bertz CT molecular complexity index is 494. The van der Waals surface area contributed by atoms with Gasteiger partial charge in [0, 0.05) is 5.69 Å². The van der Waals surface area contributed by atoms with Gasteiger partial charge >= 0.3 is 12.3 Å². The summed E-state index contributed by atoms with van der Waals surface area (Å²) >= 11 is 0. The second-order valence-corrected chi connectivity index (χ2v) is 3.12. The van der Waals surface area contributed by atoms with Crippen LogP contribution < -0.4 is 5.32 Å². The third-order valence-corrected chi connectivity index (χ3v) is 1.70. The van der Waals surface area contributed by atoms with E-state index >= 15 is 0 Å². The van der Waals surface area contributed by atoms with E-state index in [1.807, 2.05) is 5.32 Å². The number of amides is 1. The fraction of sp³-hybridized carbons (Fsp3) is 0.200. The summed E-state index contributed by atoms with van der Waals surface area (Å²) in [5.74, 6) is -0.799. The number of rotatable bonds is 2. The summed E-state index contributed by atoms with van der Waals surface area (Å²) in [5.41, 5.74) is -0.385. The van der Waals surface area contributed by atoms with Gasteiger partial charge < -0.3 is 4.74 Å². The zero-order chi connectivity index (χ0) is 13.8. The standard InChI is InChI=1S/C10H6F4N2O2/c11-8-2-1-7(3-6(8)4-15)16-9(17)18-5-10(12,13)14/h1-3H,5H2,(H,16,17). The zero-order valence-electron chi connectivity index (χ0n) is 8.71. The predicted octanol–water partition coefficient (Wildman–Crippen LogP) is 2.81. The number of anilines is 1. The SMILES string of the molecule is N#Cc1cc(NC(=O)OCC(F)(F)F)ccc1F.